The summed E-state index contributed by atoms with van der Waals surface area (Å²) in [7, 11) is 2.47. The molecule has 18 heavy (non-hydrogen) atoms. The van der Waals surface area contributed by atoms with Gasteiger partial charge >= 0.3 is 0 Å². The van der Waals surface area contributed by atoms with E-state index in [9.17, 15) is 0 Å². The quantitative estimate of drug-likeness (QED) is 0.438. The van der Waals surface area contributed by atoms with Gasteiger partial charge in [-0.3, -0.25) is 10.4 Å². The van der Waals surface area contributed by atoms with Crippen LogP contribution in [0.15, 0.2) is 10.5 Å². The van der Waals surface area contributed by atoms with Crippen molar-refractivity contribution in [3.8, 4) is 0 Å². The molecule has 4 nitrogen and oxygen atoms in total. The Balaban J connectivity index is 2.96. The molecule has 0 saturated heterocycles. The van der Waals surface area contributed by atoms with Crippen LogP contribution in [0.1, 0.15) is 0 Å². The van der Waals surface area contributed by atoms with Crippen molar-refractivity contribution < 1.29 is 10.4 Å². The highest BCUT2D eigenvalue weighted by molar-refractivity contribution is 9.10. The molecule has 0 spiro atoms. The second-order valence-corrected chi connectivity index (χ2v) is 5.85. The maximum absolute atomic E-state index is 9.07. The number of benzene rings is 1. The highest BCUT2D eigenvalue weighted by Crippen LogP contribution is 2.39. The van der Waals surface area contributed by atoms with Crippen molar-refractivity contribution in [2.45, 2.75) is 0 Å². The summed E-state index contributed by atoms with van der Waals surface area (Å²) in [4.78, 5) is 4.07. The number of pyridine rings is 1. The monoisotopic (exact) mass is 388 g/mol. The van der Waals surface area contributed by atoms with Crippen LogP contribution in [0.4, 0.5) is 5.69 Å². The first-order valence-corrected chi connectivity index (χ1v) is 6.95. The number of hydrogen-bond acceptors (Lipinski definition) is 4. The summed E-state index contributed by atoms with van der Waals surface area (Å²) < 4.78 is 0.652. The van der Waals surface area contributed by atoms with E-state index >= 15 is 0 Å². The van der Waals surface area contributed by atoms with E-state index < -0.39 is 0 Å². The summed E-state index contributed by atoms with van der Waals surface area (Å²) in [6.07, 6.45) is 0. The highest BCUT2D eigenvalue weighted by Gasteiger charge is 2.19. The lowest BCUT2D eigenvalue weighted by Crippen LogP contribution is -2.14. The van der Waals surface area contributed by atoms with Gasteiger partial charge < -0.3 is 0 Å². The van der Waals surface area contributed by atoms with E-state index in [1.54, 1.807) is 6.07 Å². The Morgan fingerprint density at radius 3 is 2.44 bits per heavy atom. The third kappa shape index (κ3) is 2.29. The molecule has 2 rings (SSSR count). The van der Waals surface area contributed by atoms with E-state index in [1.165, 1.54) is 0 Å². The van der Waals surface area contributed by atoms with Gasteiger partial charge in [0.1, 0.15) is 0 Å². The standard InChI is InChI=1S/C9H5BrCl3N2O2P/c10-4-3(11)1-2-5(12)7(15(16)17)9(13)14-6(2)8(4)18/h1,16-17H,18H2. The summed E-state index contributed by atoms with van der Waals surface area (Å²) in [5.41, 5.74) is 0.297. The van der Waals surface area contributed by atoms with Gasteiger partial charge in [-0.1, -0.05) is 34.8 Å². The molecule has 1 aromatic carbocycles. The molecule has 0 radical (unpaired) electrons. The molecule has 1 unspecified atom stereocenters. The molecule has 2 N–H and O–H groups in total. The number of rotatable bonds is 1. The van der Waals surface area contributed by atoms with Crippen LogP contribution in [0.25, 0.3) is 10.9 Å². The molecule has 0 aliphatic rings. The minimum atomic E-state index is -0.200. The first-order valence-electron chi connectivity index (χ1n) is 4.44. The van der Waals surface area contributed by atoms with Crippen molar-refractivity contribution in [3.63, 3.8) is 0 Å². The van der Waals surface area contributed by atoms with Gasteiger partial charge in [-0.25, -0.2) is 4.98 Å². The number of aromatic nitrogens is 1. The smallest absolute Gasteiger partial charge is 0.159 e. The highest BCUT2D eigenvalue weighted by atomic mass is 79.9. The summed E-state index contributed by atoms with van der Waals surface area (Å²) >= 11 is 21.2. The van der Waals surface area contributed by atoms with Gasteiger partial charge in [-0.15, -0.1) is 14.5 Å². The van der Waals surface area contributed by atoms with Gasteiger partial charge in [0.05, 0.1) is 15.6 Å². The summed E-state index contributed by atoms with van der Waals surface area (Å²) in [6.45, 7) is 0. The Bertz CT molecular complexity index is 654. The number of anilines is 1. The molecule has 2 aromatic rings. The molecule has 0 amide bonds. The van der Waals surface area contributed by atoms with Crippen molar-refractivity contribution in [1.29, 1.82) is 0 Å². The lowest BCUT2D eigenvalue weighted by atomic mass is 10.2. The van der Waals surface area contributed by atoms with E-state index in [4.69, 9.17) is 45.2 Å². The number of hydrogen-bond donors (Lipinski definition) is 2. The minimum absolute atomic E-state index is 0.0492. The number of fused-ring (bicyclic) bond motifs is 1. The summed E-state index contributed by atoms with van der Waals surface area (Å²) in [6, 6.07) is 1.56. The predicted molar refractivity (Wildman–Crippen MR) is 79.9 cm³/mol. The first-order chi connectivity index (χ1) is 8.34. The van der Waals surface area contributed by atoms with E-state index in [-0.39, 0.29) is 21.1 Å². The molecule has 9 heteroatoms. The summed E-state index contributed by atoms with van der Waals surface area (Å²) in [5, 5.41) is 19.4. The maximum Gasteiger partial charge on any atom is 0.159 e. The zero-order valence-corrected chi connectivity index (χ0v) is 13.5. The largest absolute Gasteiger partial charge is 0.264 e. The third-order valence-electron chi connectivity index (χ3n) is 2.28. The molecule has 1 aromatic heterocycles. The molecule has 0 aliphatic carbocycles. The zero-order valence-electron chi connectivity index (χ0n) is 8.46. The van der Waals surface area contributed by atoms with Crippen LogP contribution in [0.3, 0.4) is 0 Å². The zero-order chi connectivity index (χ0) is 13.6. The molecule has 1 heterocycles. The Morgan fingerprint density at radius 1 is 1.28 bits per heavy atom. The topological polar surface area (TPSA) is 56.6 Å². The molecule has 0 aliphatic heterocycles. The van der Waals surface area contributed by atoms with Crippen LogP contribution in [-0.4, -0.2) is 15.4 Å². The second-order valence-electron chi connectivity index (χ2n) is 3.34. The molecule has 0 bridgehead atoms. The number of halogens is 4. The van der Waals surface area contributed by atoms with Crippen molar-refractivity contribution in [3.05, 3.63) is 25.7 Å². The lowest BCUT2D eigenvalue weighted by molar-refractivity contribution is 0.0292. The molecular formula is C9H5BrCl3N2O2P. The van der Waals surface area contributed by atoms with Gasteiger partial charge in [0.15, 0.2) is 10.8 Å². The Labute approximate surface area is 128 Å². The van der Waals surface area contributed by atoms with E-state index in [2.05, 4.69) is 30.2 Å². The SMILES string of the molecule is ON(O)c1c(Cl)nc2c(P)c(Br)c(Cl)cc2c1Cl. The molecule has 1 atom stereocenters. The van der Waals surface area contributed by atoms with Gasteiger partial charge in [-0.2, -0.15) is 0 Å². The fraction of sp³-hybridized carbons (Fsp3) is 0. The van der Waals surface area contributed by atoms with Crippen LogP contribution in [0.2, 0.25) is 15.2 Å². The van der Waals surface area contributed by atoms with E-state index in [0.717, 1.165) is 0 Å². The van der Waals surface area contributed by atoms with Crippen molar-refractivity contribution in [2.24, 2.45) is 0 Å². The van der Waals surface area contributed by atoms with Crippen molar-refractivity contribution in [2.75, 3.05) is 5.23 Å². The maximum atomic E-state index is 9.07. The molecule has 0 saturated carbocycles. The van der Waals surface area contributed by atoms with Crippen molar-refractivity contribution >= 4 is 81.9 Å². The van der Waals surface area contributed by atoms with Gasteiger partial charge in [-0.05, 0) is 22.0 Å². The minimum Gasteiger partial charge on any atom is -0.264 e. The van der Waals surface area contributed by atoms with Gasteiger partial charge in [0.25, 0.3) is 0 Å². The fourth-order valence-corrected chi connectivity index (χ4v) is 3.06. The Kier molecular flexibility index (Phi) is 4.24. The molecule has 96 valence electrons. The number of nitrogens with zero attached hydrogens (tertiary/aromatic N) is 2. The van der Waals surface area contributed by atoms with Crippen LogP contribution < -0.4 is 10.5 Å². The Morgan fingerprint density at radius 2 is 1.89 bits per heavy atom. The average Bonchev–Trinajstić information content (AvgIpc) is 2.28. The van der Waals surface area contributed by atoms with E-state index in [0.29, 0.717) is 25.7 Å². The van der Waals surface area contributed by atoms with Gasteiger partial charge in [0, 0.05) is 15.2 Å². The molecule has 0 fully saturated rings. The van der Waals surface area contributed by atoms with Crippen LogP contribution >= 0.6 is 60.0 Å². The third-order valence-corrected chi connectivity index (χ3v) is 5.29. The van der Waals surface area contributed by atoms with Crippen LogP contribution in [-0.2, 0) is 0 Å². The van der Waals surface area contributed by atoms with Crippen molar-refractivity contribution in [1.82, 2.24) is 4.98 Å². The Hall–Kier alpha value is 0.130. The van der Waals surface area contributed by atoms with Crippen LogP contribution in [0.5, 0.6) is 0 Å². The lowest BCUT2D eigenvalue weighted by Gasteiger charge is -2.15. The predicted octanol–water partition coefficient (Wildman–Crippen LogP) is 4.04. The fourth-order valence-electron chi connectivity index (χ4n) is 1.46. The average molecular weight is 390 g/mol. The normalized spacial score (nSPS) is 11.1. The first kappa shape index (κ1) is 14.5. The van der Waals surface area contributed by atoms with E-state index in [1.807, 2.05) is 0 Å². The second kappa shape index (κ2) is 5.25. The molecular weight excluding hydrogens is 385 g/mol. The summed E-state index contributed by atoms with van der Waals surface area (Å²) in [5.74, 6) is 0. The van der Waals surface area contributed by atoms with Gasteiger partial charge in [0.2, 0.25) is 0 Å². The van der Waals surface area contributed by atoms with Crippen LogP contribution in [0, 0.1) is 0 Å².